The van der Waals surface area contributed by atoms with Crippen LogP contribution in [0.15, 0.2) is 29.5 Å². The van der Waals surface area contributed by atoms with E-state index >= 15 is 0 Å². The maximum absolute atomic E-state index is 4.49. The molecule has 1 rings (SSSR count). The number of nitrogens with zero attached hydrogens (tertiary/aromatic N) is 2. The maximum atomic E-state index is 4.49. The van der Waals surface area contributed by atoms with Crippen molar-refractivity contribution in [3.63, 3.8) is 0 Å². The van der Waals surface area contributed by atoms with Crippen molar-refractivity contribution >= 4 is 17.7 Å². The Morgan fingerprint density at radius 3 is 2.71 bits per heavy atom. The Morgan fingerprint density at radius 1 is 1.29 bits per heavy atom. The van der Waals surface area contributed by atoms with E-state index in [4.69, 9.17) is 0 Å². The molecular formula is C12H22N4S. The van der Waals surface area contributed by atoms with E-state index in [1.165, 1.54) is 0 Å². The van der Waals surface area contributed by atoms with Crippen LogP contribution < -0.4 is 10.6 Å². The Morgan fingerprint density at radius 2 is 2.06 bits per heavy atom. The van der Waals surface area contributed by atoms with Gasteiger partial charge in [-0.25, -0.2) is 0 Å². The normalized spacial score (nSPS) is 11.5. The highest BCUT2D eigenvalue weighted by Gasteiger charge is 1.95. The zero-order chi connectivity index (χ0) is 12.3. The molecule has 1 aromatic rings. The lowest BCUT2D eigenvalue weighted by Crippen LogP contribution is -2.39. The Balaban J connectivity index is 2.25. The second-order valence-electron chi connectivity index (χ2n) is 3.60. The van der Waals surface area contributed by atoms with Crippen LogP contribution in [0.5, 0.6) is 0 Å². The van der Waals surface area contributed by atoms with Gasteiger partial charge in [-0.1, -0.05) is 0 Å². The van der Waals surface area contributed by atoms with Crippen molar-refractivity contribution in [2.75, 3.05) is 31.6 Å². The molecule has 0 atom stereocenters. The third-order valence-electron chi connectivity index (χ3n) is 2.24. The molecule has 0 saturated carbocycles. The van der Waals surface area contributed by atoms with Crippen molar-refractivity contribution in [1.29, 1.82) is 0 Å². The van der Waals surface area contributed by atoms with E-state index in [2.05, 4.69) is 45.8 Å². The largest absolute Gasteiger partial charge is 0.357 e. The van der Waals surface area contributed by atoms with Crippen LogP contribution in [0.1, 0.15) is 6.92 Å². The van der Waals surface area contributed by atoms with Crippen molar-refractivity contribution < 1.29 is 0 Å². The standard InChI is InChI=1S/C12H22N4S/c1-3-13-12(15-7-11-17-2)14-6-10-16-8-4-5-9-16/h4-5,8-9H,3,6-7,10-11H2,1-2H3,(H2,13,14,15). The minimum Gasteiger partial charge on any atom is -0.357 e. The second-order valence-corrected chi connectivity index (χ2v) is 4.59. The minimum atomic E-state index is 0.861. The zero-order valence-electron chi connectivity index (χ0n) is 10.6. The number of hydrogen-bond donors (Lipinski definition) is 2. The monoisotopic (exact) mass is 254 g/mol. The molecule has 0 bridgehead atoms. The first-order valence-electron chi connectivity index (χ1n) is 5.98. The molecule has 0 aliphatic carbocycles. The molecule has 0 aromatic carbocycles. The SMILES string of the molecule is CCNC(=NCCSC)NCCn1cccc1. The number of aliphatic imine (C=N–C) groups is 1. The predicted molar refractivity (Wildman–Crippen MR) is 76.8 cm³/mol. The molecule has 0 amide bonds. The van der Waals surface area contributed by atoms with Crippen LogP contribution >= 0.6 is 11.8 Å². The average molecular weight is 254 g/mol. The third kappa shape index (κ3) is 6.26. The van der Waals surface area contributed by atoms with E-state index < -0.39 is 0 Å². The molecular weight excluding hydrogens is 232 g/mol. The minimum absolute atomic E-state index is 0.861. The summed E-state index contributed by atoms with van der Waals surface area (Å²) in [7, 11) is 0. The number of rotatable bonds is 7. The van der Waals surface area contributed by atoms with Crippen molar-refractivity contribution in [3.05, 3.63) is 24.5 Å². The lowest BCUT2D eigenvalue weighted by Gasteiger charge is -2.11. The summed E-state index contributed by atoms with van der Waals surface area (Å²) in [5.41, 5.74) is 0. The third-order valence-corrected chi connectivity index (χ3v) is 2.83. The highest BCUT2D eigenvalue weighted by Crippen LogP contribution is 1.90. The lowest BCUT2D eigenvalue weighted by atomic mass is 10.6. The molecule has 0 saturated heterocycles. The molecule has 96 valence electrons. The smallest absolute Gasteiger partial charge is 0.191 e. The number of aromatic nitrogens is 1. The molecule has 4 nitrogen and oxygen atoms in total. The summed E-state index contributed by atoms with van der Waals surface area (Å²) in [6.07, 6.45) is 6.24. The van der Waals surface area contributed by atoms with Gasteiger partial charge < -0.3 is 15.2 Å². The first kappa shape index (κ1) is 14.0. The highest BCUT2D eigenvalue weighted by molar-refractivity contribution is 7.98. The molecule has 5 heteroatoms. The van der Waals surface area contributed by atoms with Gasteiger partial charge in [-0.3, -0.25) is 4.99 Å². The van der Waals surface area contributed by atoms with Gasteiger partial charge in [0.15, 0.2) is 5.96 Å². The fourth-order valence-electron chi connectivity index (χ4n) is 1.41. The molecule has 1 aromatic heterocycles. The number of nitrogens with one attached hydrogen (secondary N) is 2. The van der Waals surface area contributed by atoms with Gasteiger partial charge in [-0.05, 0) is 25.3 Å². The summed E-state index contributed by atoms with van der Waals surface area (Å²) in [6.45, 7) is 5.69. The summed E-state index contributed by atoms with van der Waals surface area (Å²) < 4.78 is 2.15. The van der Waals surface area contributed by atoms with Gasteiger partial charge in [-0.15, -0.1) is 0 Å². The van der Waals surface area contributed by atoms with Crippen molar-refractivity contribution in [3.8, 4) is 0 Å². The summed E-state index contributed by atoms with van der Waals surface area (Å²) >= 11 is 1.82. The van der Waals surface area contributed by atoms with Gasteiger partial charge >= 0.3 is 0 Å². The maximum Gasteiger partial charge on any atom is 0.191 e. The number of thioether (sulfide) groups is 1. The molecule has 2 N–H and O–H groups in total. The van der Waals surface area contributed by atoms with Gasteiger partial charge in [0.1, 0.15) is 0 Å². The fourth-order valence-corrected chi connectivity index (χ4v) is 1.69. The van der Waals surface area contributed by atoms with Gasteiger partial charge in [0, 0.05) is 37.8 Å². The Bertz CT molecular complexity index is 308. The molecule has 0 aliphatic heterocycles. The molecule has 0 radical (unpaired) electrons. The van der Waals surface area contributed by atoms with Gasteiger partial charge in [0.2, 0.25) is 0 Å². The fraction of sp³-hybridized carbons (Fsp3) is 0.583. The van der Waals surface area contributed by atoms with E-state index in [0.29, 0.717) is 0 Å². The second kappa shape index (κ2) is 8.98. The van der Waals surface area contributed by atoms with Gasteiger partial charge in [0.05, 0.1) is 6.54 Å². The first-order valence-corrected chi connectivity index (χ1v) is 7.38. The van der Waals surface area contributed by atoms with E-state index in [9.17, 15) is 0 Å². The lowest BCUT2D eigenvalue weighted by molar-refractivity contribution is 0.666. The molecule has 0 aliphatic rings. The highest BCUT2D eigenvalue weighted by atomic mass is 32.2. The van der Waals surface area contributed by atoms with Crippen LogP contribution in [0.3, 0.4) is 0 Å². The Labute approximate surface area is 108 Å². The zero-order valence-corrected chi connectivity index (χ0v) is 11.5. The van der Waals surface area contributed by atoms with Crippen molar-refractivity contribution in [2.24, 2.45) is 4.99 Å². The Kier molecular flexibility index (Phi) is 7.38. The molecule has 17 heavy (non-hydrogen) atoms. The van der Waals surface area contributed by atoms with E-state index in [-0.39, 0.29) is 0 Å². The molecule has 0 unspecified atom stereocenters. The molecule has 0 fully saturated rings. The number of hydrogen-bond acceptors (Lipinski definition) is 2. The summed E-state index contributed by atoms with van der Waals surface area (Å²) in [6, 6.07) is 4.08. The van der Waals surface area contributed by atoms with Crippen molar-refractivity contribution in [2.45, 2.75) is 13.5 Å². The summed E-state index contributed by atoms with van der Waals surface area (Å²) in [5.74, 6) is 1.97. The molecule has 1 heterocycles. The summed E-state index contributed by atoms with van der Waals surface area (Å²) in [4.78, 5) is 4.49. The van der Waals surface area contributed by atoms with Crippen molar-refractivity contribution in [1.82, 2.24) is 15.2 Å². The average Bonchev–Trinajstić information content (AvgIpc) is 2.82. The van der Waals surface area contributed by atoms with Crippen LogP contribution in [0.4, 0.5) is 0 Å². The van der Waals surface area contributed by atoms with Gasteiger partial charge in [-0.2, -0.15) is 11.8 Å². The van der Waals surface area contributed by atoms with Crippen LogP contribution in [-0.4, -0.2) is 42.2 Å². The van der Waals surface area contributed by atoms with Crippen LogP contribution in [-0.2, 0) is 6.54 Å². The molecule has 0 spiro atoms. The Hall–Kier alpha value is -1.10. The predicted octanol–water partition coefficient (Wildman–Crippen LogP) is 1.41. The first-order chi connectivity index (χ1) is 8.36. The van der Waals surface area contributed by atoms with Crippen LogP contribution in [0.2, 0.25) is 0 Å². The summed E-state index contributed by atoms with van der Waals surface area (Å²) in [5, 5.41) is 6.57. The van der Waals surface area contributed by atoms with Crippen LogP contribution in [0.25, 0.3) is 0 Å². The quantitative estimate of drug-likeness (QED) is 0.439. The number of guanidine groups is 1. The van der Waals surface area contributed by atoms with E-state index in [1.54, 1.807) is 0 Å². The topological polar surface area (TPSA) is 41.4 Å². The van der Waals surface area contributed by atoms with E-state index in [1.807, 2.05) is 23.9 Å². The van der Waals surface area contributed by atoms with Gasteiger partial charge in [0.25, 0.3) is 0 Å². The van der Waals surface area contributed by atoms with E-state index in [0.717, 1.165) is 37.9 Å². The van der Waals surface area contributed by atoms with Crippen LogP contribution in [0, 0.1) is 0 Å².